The third-order valence-electron chi connectivity index (χ3n) is 4.55. The van der Waals surface area contributed by atoms with Crippen molar-refractivity contribution in [3.05, 3.63) is 35.4 Å². The maximum Gasteiger partial charge on any atom is 0.244 e. The SMILES string of the molecule is COc1ccc(OC)c(S(=O)(=O)NCc2nc3c(n2C)CCCC3)c1. The second-order valence-electron chi connectivity index (χ2n) is 6.03. The molecule has 7 nitrogen and oxygen atoms in total. The molecule has 0 radical (unpaired) electrons. The molecule has 1 aliphatic carbocycles. The number of ether oxygens (including phenoxy) is 2. The van der Waals surface area contributed by atoms with Gasteiger partial charge in [0.15, 0.2) is 0 Å². The molecule has 136 valence electrons. The molecule has 0 saturated carbocycles. The molecule has 0 aliphatic heterocycles. The van der Waals surface area contributed by atoms with Crippen molar-refractivity contribution >= 4 is 10.0 Å². The number of fused-ring (bicyclic) bond motifs is 1. The Kier molecular flexibility index (Phi) is 5.01. The van der Waals surface area contributed by atoms with Crippen molar-refractivity contribution in [2.24, 2.45) is 7.05 Å². The van der Waals surface area contributed by atoms with Crippen molar-refractivity contribution in [3.8, 4) is 11.5 Å². The van der Waals surface area contributed by atoms with E-state index in [4.69, 9.17) is 9.47 Å². The summed E-state index contributed by atoms with van der Waals surface area (Å²) in [6.45, 7) is 0.131. The molecule has 0 atom stereocenters. The van der Waals surface area contributed by atoms with Crippen LogP contribution in [0, 0.1) is 0 Å². The van der Waals surface area contributed by atoms with E-state index in [1.165, 1.54) is 26.0 Å². The van der Waals surface area contributed by atoms with Gasteiger partial charge in [0, 0.05) is 18.8 Å². The second-order valence-corrected chi connectivity index (χ2v) is 7.76. The first-order chi connectivity index (χ1) is 12.0. The number of methoxy groups -OCH3 is 2. The van der Waals surface area contributed by atoms with E-state index in [1.807, 2.05) is 11.6 Å². The Morgan fingerprint density at radius 1 is 1.20 bits per heavy atom. The number of benzene rings is 1. The highest BCUT2D eigenvalue weighted by Gasteiger charge is 2.23. The van der Waals surface area contributed by atoms with Crippen LogP contribution in [0.4, 0.5) is 0 Å². The zero-order valence-electron chi connectivity index (χ0n) is 14.7. The van der Waals surface area contributed by atoms with Crippen LogP contribution >= 0.6 is 0 Å². The third-order valence-corrected chi connectivity index (χ3v) is 5.97. The minimum absolute atomic E-state index is 0.0494. The van der Waals surface area contributed by atoms with Crippen LogP contribution in [0.15, 0.2) is 23.1 Å². The van der Waals surface area contributed by atoms with Gasteiger partial charge in [0.25, 0.3) is 0 Å². The van der Waals surface area contributed by atoms with Crippen LogP contribution in [-0.2, 0) is 36.5 Å². The zero-order chi connectivity index (χ0) is 18.0. The van der Waals surface area contributed by atoms with Crippen LogP contribution < -0.4 is 14.2 Å². The number of imidazole rings is 1. The fourth-order valence-electron chi connectivity index (χ4n) is 3.13. The number of aryl methyl sites for hydroxylation is 1. The molecule has 1 heterocycles. The van der Waals surface area contributed by atoms with Crippen LogP contribution in [0.2, 0.25) is 0 Å². The fraction of sp³-hybridized carbons (Fsp3) is 0.471. The van der Waals surface area contributed by atoms with Crippen LogP contribution in [0.25, 0.3) is 0 Å². The van der Waals surface area contributed by atoms with Crippen molar-refractivity contribution < 1.29 is 17.9 Å². The van der Waals surface area contributed by atoms with Crippen molar-refractivity contribution in [1.29, 1.82) is 0 Å². The molecule has 1 N–H and O–H groups in total. The molecule has 1 aromatic heterocycles. The van der Waals surface area contributed by atoms with Gasteiger partial charge in [-0.1, -0.05) is 0 Å². The Bertz CT molecular complexity index is 874. The van der Waals surface area contributed by atoms with E-state index in [1.54, 1.807) is 12.1 Å². The van der Waals surface area contributed by atoms with E-state index in [-0.39, 0.29) is 17.2 Å². The Labute approximate surface area is 148 Å². The summed E-state index contributed by atoms with van der Waals surface area (Å²) in [4.78, 5) is 4.65. The predicted octanol–water partition coefficient (Wildman–Crippen LogP) is 1.79. The number of nitrogens with one attached hydrogen (secondary N) is 1. The van der Waals surface area contributed by atoms with E-state index in [0.29, 0.717) is 5.75 Å². The fourth-order valence-corrected chi connectivity index (χ4v) is 4.29. The Morgan fingerprint density at radius 2 is 1.96 bits per heavy atom. The number of nitrogens with zero attached hydrogens (tertiary/aromatic N) is 2. The number of rotatable bonds is 6. The van der Waals surface area contributed by atoms with Crippen LogP contribution in [0.5, 0.6) is 11.5 Å². The molecule has 0 spiro atoms. The zero-order valence-corrected chi connectivity index (χ0v) is 15.5. The standard InChI is InChI=1S/C17H23N3O4S/c1-20-14-7-5-4-6-13(14)19-17(20)11-18-25(21,22)16-10-12(23-2)8-9-15(16)24-3/h8-10,18H,4-7,11H2,1-3H3. The first kappa shape index (κ1) is 17.8. The first-order valence-corrected chi connectivity index (χ1v) is 9.69. The van der Waals surface area contributed by atoms with Gasteiger partial charge in [-0.15, -0.1) is 0 Å². The molecule has 0 amide bonds. The van der Waals surface area contributed by atoms with Crippen LogP contribution in [0.1, 0.15) is 30.1 Å². The maximum atomic E-state index is 12.7. The lowest BCUT2D eigenvalue weighted by atomic mass is 10.0. The molecule has 25 heavy (non-hydrogen) atoms. The lowest BCUT2D eigenvalue weighted by Crippen LogP contribution is -2.25. The average Bonchev–Trinajstić information content (AvgIpc) is 2.96. The van der Waals surface area contributed by atoms with Crippen molar-refractivity contribution in [2.75, 3.05) is 14.2 Å². The number of hydrogen-bond donors (Lipinski definition) is 1. The van der Waals surface area contributed by atoms with Crippen LogP contribution in [-0.4, -0.2) is 32.2 Å². The van der Waals surface area contributed by atoms with E-state index in [2.05, 4.69) is 9.71 Å². The molecule has 0 fully saturated rings. The summed E-state index contributed by atoms with van der Waals surface area (Å²) in [5, 5.41) is 0. The summed E-state index contributed by atoms with van der Waals surface area (Å²) in [6, 6.07) is 4.68. The molecule has 8 heteroatoms. The third kappa shape index (κ3) is 3.50. The normalized spacial score (nSPS) is 14.2. The summed E-state index contributed by atoms with van der Waals surface area (Å²) >= 11 is 0. The van der Waals surface area contributed by atoms with Gasteiger partial charge < -0.3 is 14.0 Å². The van der Waals surface area contributed by atoms with Gasteiger partial charge in [0.05, 0.1) is 26.5 Å². The van der Waals surface area contributed by atoms with Gasteiger partial charge in [-0.05, 0) is 37.8 Å². The smallest absolute Gasteiger partial charge is 0.244 e. The highest BCUT2D eigenvalue weighted by Crippen LogP contribution is 2.28. The van der Waals surface area contributed by atoms with E-state index >= 15 is 0 Å². The van der Waals surface area contributed by atoms with Crippen molar-refractivity contribution in [3.63, 3.8) is 0 Å². The molecule has 0 bridgehead atoms. The van der Waals surface area contributed by atoms with Gasteiger partial charge in [0.2, 0.25) is 10.0 Å². The van der Waals surface area contributed by atoms with E-state index in [9.17, 15) is 8.42 Å². The summed E-state index contributed by atoms with van der Waals surface area (Å²) in [5.74, 6) is 1.44. The predicted molar refractivity (Wildman–Crippen MR) is 93.4 cm³/mol. The maximum absolute atomic E-state index is 12.7. The number of sulfonamides is 1. The summed E-state index contributed by atoms with van der Waals surface area (Å²) in [6.07, 6.45) is 4.24. The van der Waals surface area contributed by atoms with Crippen molar-refractivity contribution in [1.82, 2.24) is 14.3 Å². The monoisotopic (exact) mass is 365 g/mol. The quantitative estimate of drug-likeness (QED) is 0.844. The summed E-state index contributed by atoms with van der Waals surface area (Å²) in [5.41, 5.74) is 2.29. The minimum Gasteiger partial charge on any atom is -0.497 e. The molecule has 1 aromatic carbocycles. The van der Waals surface area contributed by atoms with Crippen molar-refractivity contribution in [2.45, 2.75) is 37.1 Å². The Hall–Kier alpha value is -2.06. The van der Waals surface area contributed by atoms with Gasteiger partial charge in [-0.2, -0.15) is 0 Å². The Balaban J connectivity index is 1.84. The topological polar surface area (TPSA) is 82.4 Å². The highest BCUT2D eigenvalue weighted by atomic mass is 32.2. The Morgan fingerprint density at radius 3 is 2.64 bits per heavy atom. The summed E-state index contributed by atoms with van der Waals surface area (Å²) in [7, 11) is 1.11. The summed E-state index contributed by atoms with van der Waals surface area (Å²) < 4.78 is 40.4. The van der Waals surface area contributed by atoms with Crippen LogP contribution in [0.3, 0.4) is 0 Å². The lowest BCUT2D eigenvalue weighted by molar-refractivity contribution is 0.392. The number of hydrogen-bond acceptors (Lipinski definition) is 5. The molecule has 1 aliphatic rings. The van der Waals surface area contributed by atoms with Gasteiger partial charge in [-0.3, -0.25) is 0 Å². The second kappa shape index (κ2) is 7.05. The molecule has 2 aromatic rings. The largest absolute Gasteiger partial charge is 0.497 e. The van der Waals surface area contributed by atoms with E-state index in [0.717, 1.165) is 37.2 Å². The van der Waals surface area contributed by atoms with Gasteiger partial charge in [-0.25, -0.2) is 18.1 Å². The average molecular weight is 365 g/mol. The molecular formula is C17H23N3O4S. The van der Waals surface area contributed by atoms with Gasteiger partial charge >= 0.3 is 0 Å². The number of aromatic nitrogens is 2. The van der Waals surface area contributed by atoms with E-state index < -0.39 is 10.0 Å². The highest BCUT2D eigenvalue weighted by molar-refractivity contribution is 7.89. The molecule has 3 rings (SSSR count). The molecular weight excluding hydrogens is 342 g/mol. The lowest BCUT2D eigenvalue weighted by Gasteiger charge is -2.13. The first-order valence-electron chi connectivity index (χ1n) is 8.21. The van der Waals surface area contributed by atoms with Gasteiger partial charge in [0.1, 0.15) is 22.2 Å². The molecule has 0 unspecified atom stereocenters. The minimum atomic E-state index is -3.76. The molecule has 0 saturated heterocycles.